The normalized spacial score (nSPS) is 14.1. The Bertz CT molecular complexity index is 340. The fourth-order valence-electron chi connectivity index (χ4n) is 1.41. The van der Waals surface area contributed by atoms with E-state index in [1.165, 1.54) is 6.07 Å². The molecule has 76 valence electrons. The Morgan fingerprint density at radius 1 is 1.29 bits per heavy atom. The lowest BCUT2D eigenvalue weighted by Crippen LogP contribution is -2.18. The zero-order valence-electron chi connectivity index (χ0n) is 7.49. The zero-order valence-corrected chi connectivity index (χ0v) is 7.49. The zero-order chi connectivity index (χ0) is 9.97. The van der Waals surface area contributed by atoms with Crippen molar-refractivity contribution in [3.05, 3.63) is 17.7 Å². The van der Waals surface area contributed by atoms with Crippen molar-refractivity contribution in [1.29, 1.82) is 0 Å². The number of hydrogen-bond donors (Lipinski definition) is 3. The molecule has 1 aliphatic heterocycles. The number of hydrogen-bond acceptors (Lipinski definition) is 5. The fourth-order valence-corrected chi connectivity index (χ4v) is 1.41. The molecular formula is C9H11NO4. The number of fused-ring (bicyclic) bond motifs is 1. The van der Waals surface area contributed by atoms with Gasteiger partial charge < -0.3 is 19.8 Å². The maximum Gasteiger partial charge on any atom is 0.169 e. The molecule has 0 saturated carbocycles. The molecule has 0 radical (unpaired) electrons. The molecule has 5 nitrogen and oxygen atoms in total. The fraction of sp³-hybridized carbons (Fsp3) is 0.333. The van der Waals surface area contributed by atoms with Crippen molar-refractivity contribution < 1.29 is 19.8 Å². The summed E-state index contributed by atoms with van der Waals surface area (Å²) in [6.45, 7) is 1.08. The summed E-state index contributed by atoms with van der Waals surface area (Å²) >= 11 is 0. The molecule has 2 rings (SSSR count). The largest absolute Gasteiger partial charge is 0.507 e. The van der Waals surface area contributed by atoms with Crippen molar-refractivity contribution in [3.8, 4) is 17.2 Å². The molecule has 0 spiro atoms. The molecule has 3 N–H and O–H groups in total. The average Bonchev–Trinajstić information content (AvgIpc) is 2.23. The molecule has 1 heterocycles. The van der Waals surface area contributed by atoms with Crippen LogP contribution in [0, 0.1) is 0 Å². The van der Waals surface area contributed by atoms with Crippen LogP contribution in [0.3, 0.4) is 0 Å². The molecule has 5 heteroatoms. The molecular weight excluding hydrogens is 186 g/mol. The Morgan fingerprint density at radius 3 is 2.86 bits per heavy atom. The van der Waals surface area contributed by atoms with Crippen LogP contribution in [0.25, 0.3) is 0 Å². The molecule has 1 aromatic rings. The van der Waals surface area contributed by atoms with Gasteiger partial charge in [0.05, 0.1) is 12.1 Å². The first kappa shape index (κ1) is 9.11. The summed E-state index contributed by atoms with van der Waals surface area (Å²) in [5.41, 5.74) is 2.48. The van der Waals surface area contributed by atoms with E-state index >= 15 is 0 Å². The molecule has 1 aliphatic rings. The highest BCUT2D eigenvalue weighted by Crippen LogP contribution is 2.38. The SMILES string of the molecule is ONCc1c(O)ccc2c1OCCO2. The Morgan fingerprint density at radius 2 is 2.07 bits per heavy atom. The summed E-state index contributed by atoms with van der Waals surface area (Å²) in [5.74, 6) is 1.17. The van der Waals surface area contributed by atoms with E-state index in [4.69, 9.17) is 14.7 Å². The maximum atomic E-state index is 9.51. The van der Waals surface area contributed by atoms with Gasteiger partial charge in [-0.05, 0) is 12.1 Å². The molecule has 0 fully saturated rings. The highest BCUT2D eigenvalue weighted by molar-refractivity contribution is 5.53. The lowest BCUT2D eigenvalue weighted by Gasteiger charge is -2.21. The van der Waals surface area contributed by atoms with Crippen molar-refractivity contribution in [2.75, 3.05) is 13.2 Å². The first-order valence-corrected chi connectivity index (χ1v) is 4.30. The van der Waals surface area contributed by atoms with Crippen LogP contribution < -0.4 is 15.0 Å². The molecule has 1 aromatic carbocycles. The second kappa shape index (κ2) is 3.73. The highest BCUT2D eigenvalue weighted by Gasteiger charge is 2.18. The third-order valence-electron chi connectivity index (χ3n) is 2.04. The molecule has 0 amide bonds. The number of ether oxygens (including phenoxy) is 2. The minimum atomic E-state index is 0.0794. The minimum Gasteiger partial charge on any atom is -0.507 e. The van der Waals surface area contributed by atoms with Crippen LogP contribution in [0.4, 0.5) is 0 Å². The van der Waals surface area contributed by atoms with Crippen molar-refractivity contribution in [2.24, 2.45) is 0 Å². The summed E-state index contributed by atoms with van der Waals surface area (Å²) in [5, 5.41) is 18.1. The van der Waals surface area contributed by atoms with E-state index in [0.29, 0.717) is 30.3 Å². The van der Waals surface area contributed by atoms with Gasteiger partial charge in [0, 0.05) is 0 Å². The number of phenols is 1. The van der Waals surface area contributed by atoms with Gasteiger partial charge in [-0.25, -0.2) is 5.48 Å². The summed E-state index contributed by atoms with van der Waals surface area (Å²) in [6, 6.07) is 3.16. The molecule has 14 heavy (non-hydrogen) atoms. The van der Waals surface area contributed by atoms with E-state index in [2.05, 4.69) is 0 Å². The molecule has 0 aromatic heterocycles. The Hall–Kier alpha value is -1.46. The van der Waals surface area contributed by atoms with Crippen molar-refractivity contribution in [1.82, 2.24) is 5.48 Å². The van der Waals surface area contributed by atoms with Gasteiger partial charge in [-0.1, -0.05) is 0 Å². The first-order valence-electron chi connectivity index (χ1n) is 4.30. The maximum absolute atomic E-state index is 9.51. The second-order valence-corrected chi connectivity index (χ2v) is 2.92. The van der Waals surface area contributed by atoms with Gasteiger partial charge in [0.15, 0.2) is 11.5 Å². The topological polar surface area (TPSA) is 71.0 Å². The number of benzene rings is 1. The number of phenolic OH excluding ortho intramolecular Hbond substituents is 1. The predicted molar refractivity (Wildman–Crippen MR) is 47.7 cm³/mol. The molecule has 0 saturated heterocycles. The van der Waals surface area contributed by atoms with E-state index in [0.717, 1.165) is 0 Å². The van der Waals surface area contributed by atoms with Crippen molar-refractivity contribution >= 4 is 0 Å². The smallest absolute Gasteiger partial charge is 0.169 e. The van der Waals surface area contributed by atoms with Crippen LogP contribution in [0.2, 0.25) is 0 Å². The Labute approximate surface area is 80.8 Å². The van der Waals surface area contributed by atoms with Gasteiger partial charge in [0.2, 0.25) is 0 Å². The minimum absolute atomic E-state index is 0.0794. The van der Waals surface area contributed by atoms with Gasteiger partial charge in [0.25, 0.3) is 0 Å². The van der Waals surface area contributed by atoms with Gasteiger partial charge >= 0.3 is 0 Å². The lowest BCUT2D eigenvalue weighted by molar-refractivity contribution is 0.148. The van der Waals surface area contributed by atoms with E-state index in [1.54, 1.807) is 6.07 Å². The third-order valence-corrected chi connectivity index (χ3v) is 2.04. The van der Waals surface area contributed by atoms with Crippen LogP contribution in [0.5, 0.6) is 17.2 Å². The molecule has 0 atom stereocenters. The van der Waals surface area contributed by atoms with E-state index in [-0.39, 0.29) is 12.3 Å². The average molecular weight is 197 g/mol. The van der Waals surface area contributed by atoms with Crippen LogP contribution >= 0.6 is 0 Å². The molecule has 0 aliphatic carbocycles. The predicted octanol–water partition coefficient (Wildman–Crippen LogP) is 0.642. The number of aromatic hydroxyl groups is 1. The summed E-state index contributed by atoms with van der Waals surface area (Å²) in [6.07, 6.45) is 0. The Kier molecular flexibility index (Phi) is 2.43. The van der Waals surface area contributed by atoms with Crippen molar-refractivity contribution in [3.63, 3.8) is 0 Å². The van der Waals surface area contributed by atoms with Crippen LogP contribution in [-0.2, 0) is 6.54 Å². The standard InChI is InChI=1S/C9H11NO4/c11-7-1-2-8-9(6(7)5-10-12)14-4-3-13-8/h1-2,10-12H,3-5H2. The highest BCUT2D eigenvalue weighted by atomic mass is 16.6. The quantitative estimate of drug-likeness (QED) is 0.607. The first-order chi connectivity index (χ1) is 6.83. The number of nitrogens with one attached hydrogen (secondary N) is 1. The molecule has 0 bridgehead atoms. The van der Waals surface area contributed by atoms with E-state index in [9.17, 15) is 5.11 Å². The monoisotopic (exact) mass is 197 g/mol. The van der Waals surface area contributed by atoms with Gasteiger partial charge in [-0.3, -0.25) is 0 Å². The lowest BCUT2D eigenvalue weighted by atomic mass is 10.1. The van der Waals surface area contributed by atoms with Crippen LogP contribution in [-0.4, -0.2) is 23.5 Å². The van der Waals surface area contributed by atoms with Gasteiger partial charge in [-0.2, -0.15) is 0 Å². The van der Waals surface area contributed by atoms with Crippen LogP contribution in [0.15, 0.2) is 12.1 Å². The van der Waals surface area contributed by atoms with E-state index < -0.39 is 0 Å². The number of hydroxylamine groups is 1. The van der Waals surface area contributed by atoms with Crippen molar-refractivity contribution in [2.45, 2.75) is 6.54 Å². The van der Waals surface area contributed by atoms with Crippen LogP contribution in [0.1, 0.15) is 5.56 Å². The van der Waals surface area contributed by atoms with Gasteiger partial charge in [-0.15, -0.1) is 0 Å². The molecule has 0 unspecified atom stereocenters. The number of rotatable bonds is 2. The summed E-state index contributed by atoms with van der Waals surface area (Å²) in [4.78, 5) is 0. The van der Waals surface area contributed by atoms with E-state index in [1.807, 2.05) is 5.48 Å². The second-order valence-electron chi connectivity index (χ2n) is 2.92. The summed E-state index contributed by atoms with van der Waals surface area (Å²) in [7, 11) is 0. The van der Waals surface area contributed by atoms with Gasteiger partial charge in [0.1, 0.15) is 19.0 Å². The third kappa shape index (κ3) is 1.47. The Balaban J connectivity index is 2.43. The summed E-state index contributed by atoms with van der Waals surface area (Å²) < 4.78 is 10.7.